The maximum atomic E-state index is 12.2. The van der Waals surface area contributed by atoms with Crippen molar-refractivity contribution < 1.29 is 9.53 Å². The van der Waals surface area contributed by atoms with E-state index in [4.69, 9.17) is 4.74 Å². The van der Waals surface area contributed by atoms with Gasteiger partial charge in [-0.15, -0.1) is 0 Å². The second-order valence-corrected chi connectivity index (χ2v) is 6.33. The Hall–Kier alpha value is -1.51. The van der Waals surface area contributed by atoms with E-state index >= 15 is 0 Å². The monoisotopic (exact) mass is 289 g/mol. The van der Waals surface area contributed by atoms with Crippen LogP contribution < -0.4 is 10.1 Å². The highest BCUT2D eigenvalue weighted by Gasteiger charge is 2.20. The van der Waals surface area contributed by atoms with Crippen molar-refractivity contribution in [3.8, 4) is 5.75 Å². The fraction of sp³-hybridized carbons (Fsp3) is 0.611. The second-order valence-electron chi connectivity index (χ2n) is 6.33. The van der Waals surface area contributed by atoms with E-state index in [0.29, 0.717) is 12.0 Å². The van der Waals surface area contributed by atoms with Gasteiger partial charge in [0.25, 0.3) is 5.91 Å². The minimum atomic E-state index is -0.447. The zero-order valence-corrected chi connectivity index (χ0v) is 13.4. The van der Waals surface area contributed by atoms with Crippen LogP contribution in [0.15, 0.2) is 24.3 Å². The molecule has 1 N–H and O–H groups in total. The standard InChI is InChI=1S/C18H27NO2/c1-13(2)15-9-11-17(12-10-15)21-14(3)18(20)19-16-7-5-4-6-8-16/h9-14,16H,4-8H2,1-3H3,(H,19,20). The summed E-state index contributed by atoms with van der Waals surface area (Å²) in [4.78, 5) is 12.2. The molecule has 0 aromatic heterocycles. The molecule has 1 aliphatic carbocycles. The molecular weight excluding hydrogens is 262 g/mol. The average Bonchev–Trinajstić information content (AvgIpc) is 2.48. The lowest BCUT2D eigenvalue weighted by Crippen LogP contribution is -2.43. The lowest BCUT2D eigenvalue weighted by atomic mass is 9.95. The van der Waals surface area contributed by atoms with Crippen molar-refractivity contribution in [1.29, 1.82) is 0 Å². The highest BCUT2D eigenvalue weighted by atomic mass is 16.5. The average molecular weight is 289 g/mol. The molecular formula is C18H27NO2. The van der Waals surface area contributed by atoms with E-state index in [1.165, 1.54) is 24.8 Å². The summed E-state index contributed by atoms with van der Waals surface area (Å²) in [5.74, 6) is 1.26. The van der Waals surface area contributed by atoms with Gasteiger partial charge in [0.15, 0.2) is 6.10 Å². The van der Waals surface area contributed by atoms with Gasteiger partial charge in [-0.2, -0.15) is 0 Å². The summed E-state index contributed by atoms with van der Waals surface area (Å²) in [5, 5.41) is 3.10. The molecule has 0 saturated heterocycles. The number of benzene rings is 1. The van der Waals surface area contributed by atoms with Gasteiger partial charge in [0.05, 0.1) is 0 Å². The van der Waals surface area contributed by atoms with Crippen LogP contribution in [0.2, 0.25) is 0 Å². The molecule has 2 rings (SSSR count). The van der Waals surface area contributed by atoms with Crippen LogP contribution in [0, 0.1) is 0 Å². The SMILES string of the molecule is CC(Oc1ccc(C(C)C)cc1)C(=O)NC1CCCCC1. The largest absolute Gasteiger partial charge is 0.481 e. The molecule has 1 fully saturated rings. The Morgan fingerprint density at radius 1 is 1.10 bits per heavy atom. The number of hydrogen-bond acceptors (Lipinski definition) is 2. The number of carbonyl (C=O) groups is 1. The molecule has 0 heterocycles. The number of carbonyl (C=O) groups excluding carboxylic acids is 1. The zero-order valence-electron chi connectivity index (χ0n) is 13.4. The first-order valence-electron chi connectivity index (χ1n) is 8.13. The van der Waals surface area contributed by atoms with Gasteiger partial charge in [0, 0.05) is 6.04 Å². The van der Waals surface area contributed by atoms with Crippen molar-refractivity contribution in [2.75, 3.05) is 0 Å². The predicted molar refractivity (Wildman–Crippen MR) is 85.6 cm³/mol. The lowest BCUT2D eigenvalue weighted by molar-refractivity contribution is -0.128. The summed E-state index contributed by atoms with van der Waals surface area (Å²) < 4.78 is 5.74. The molecule has 1 aromatic carbocycles. The quantitative estimate of drug-likeness (QED) is 0.889. The summed E-state index contributed by atoms with van der Waals surface area (Å²) in [7, 11) is 0. The highest BCUT2D eigenvalue weighted by Crippen LogP contribution is 2.20. The van der Waals surface area contributed by atoms with E-state index in [9.17, 15) is 4.79 Å². The first kappa shape index (κ1) is 15.9. The maximum absolute atomic E-state index is 12.2. The highest BCUT2D eigenvalue weighted by molar-refractivity contribution is 5.81. The first-order valence-corrected chi connectivity index (χ1v) is 8.13. The lowest BCUT2D eigenvalue weighted by Gasteiger charge is -2.24. The van der Waals surface area contributed by atoms with E-state index in [-0.39, 0.29) is 5.91 Å². The number of rotatable bonds is 5. The van der Waals surface area contributed by atoms with Crippen LogP contribution in [0.25, 0.3) is 0 Å². The molecule has 3 heteroatoms. The Bertz CT molecular complexity index is 447. The summed E-state index contributed by atoms with van der Waals surface area (Å²) in [6, 6.07) is 8.34. The zero-order chi connectivity index (χ0) is 15.2. The van der Waals surface area contributed by atoms with Gasteiger partial charge in [0.2, 0.25) is 0 Å². The Morgan fingerprint density at radius 3 is 2.29 bits per heavy atom. The van der Waals surface area contributed by atoms with Crippen molar-refractivity contribution in [3.05, 3.63) is 29.8 Å². The third-order valence-corrected chi connectivity index (χ3v) is 4.18. The van der Waals surface area contributed by atoms with Crippen molar-refractivity contribution >= 4 is 5.91 Å². The number of amides is 1. The Kier molecular flexibility index (Phi) is 5.66. The molecule has 0 spiro atoms. The smallest absolute Gasteiger partial charge is 0.260 e. The molecule has 1 atom stereocenters. The summed E-state index contributed by atoms with van der Waals surface area (Å²) >= 11 is 0. The van der Waals surface area contributed by atoms with Gasteiger partial charge in [-0.1, -0.05) is 45.2 Å². The molecule has 116 valence electrons. The molecule has 1 amide bonds. The van der Waals surface area contributed by atoms with Gasteiger partial charge in [-0.25, -0.2) is 0 Å². The molecule has 0 bridgehead atoms. The molecule has 3 nitrogen and oxygen atoms in total. The minimum absolute atomic E-state index is 0.00478. The Balaban J connectivity index is 1.84. The molecule has 0 radical (unpaired) electrons. The normalized spacial score (nSPS) is 17.5. The Morgan fingerprint density at radius 2 is 1.71 bits per heavy atom. The van der Waals surface area contributed by atoms with E-state index in [1.54, 1.807) is 0 Å². The third kappa shape index (κ3) is 4.76. The van der Waals surface area contributed by atoms with Crippen molar-refractivity contribution in [2.24, 2.45) is 0 Å². The van der Waals surface area contributed by atoms with Gasteiger partial charge in [0.1, 0.15) is 5.75 Å². The molecule has 1 aromatic rings. The summed E-state index contributed by atoms with van der Waals surface area (Å²) in [6.45, 7) is 6.14. The molecule has 1 saturated carbocycles. The minimum Gasteiger partial charge on any atom is -0.481 e. The molecule has 1 aliphatic rings. The van der Waals surface area contributed by atoms with Crippen LogP contribution >= 0.6 is 0 Å². The van der Waals surface area contributed by atoms with Crippen LogP contribution in [-0.4, -0.2) is 18.1 Å². The van der Waals surface area contributed by atoms with Crippen LogP contribution in [0.1, 0.15) is 64.4 Å². The molecule has 21 heavy (non-hydrogen) atoms. The van der Waals surface area contributed by atoms with Crippen molar-refractivity contribution in [3.63, 3.8) is 0 Å². The summed E-state index contributed by atoms with van der Waals surface area (Å²) in [6.07, 6.45) is 5.48. The van der Waals surface area contributed by atoms with Crippen LogP contribution in [-0.2, 0) is 4.79 Å². The Labute approximate surface area is 128 Å². The second kappa shape index (κ2) is 7.48. The number of nitrogens with one attached hydrogen (secondary N) is 1. The van der Waals surface area contributed by atoms with E-state index in [2.05, 4.69) is 31.3 Å². The van der Waals surface area contributed by atoms with Crippen LogP contribution in [0.3, 0.4) is 0 Å². The first-order chi connectivity index (χ1) is 10.1. The van der Waals surface area contributed by atoms with Gasteiger partial charge < -0.3 is 10.1 Å². The fourth-order valence-corrected chi connectivity index (χ4v) is 2.75. The number of hydrogen-bond donors (Lipinski definition) is 1. The topological polar surface area (TPSA) is 38.3 Å². The predicted octanol–water partition coefficient (Wildman–Crippen LogP) is 4.03. The van der Waals surface area contributed by atoms with E-state index in [1.807, 2.05) is 19.1 Å². The summed E-state index contributed by atoms with van der Waals surface area (Å²) in [5.41, 5.74) is 1.28. The van der Waals surface area contributed by atoms with Crippen LogP contribution in [0.5, 0.6) is 5.75 Å². The number of ether oxygens (including phenoxy) is 1. The van der Waals surface area contributed by atoms with Gasteiger partial charge in [-0.3, -0.25) is 4.79 Å². The molecule has 0 aliphatic heterocycles. The van der Waals surface area contributed by atoms with Crippen molar-refractivity contribution in [2.45, 2.75) is 70.9 Å². The third-order valence-electron chi connectivity index (χ3n) is 4.18. The van der Waals surface area contributed by atoms with Gasteiger partial charge in [-0.05, 0) is 43.4 Å². The van der Waals surface area contributed by atoms with Gasteiger partial charge >= 0.3 is 0 Å². The van der Waals surface area contributed by atoms with Crippen molar-refractivity contribution in [1.82, 2.24) is 5.32 Å². The maximum Gasteiger partial charge on any atom is 0.260 e. The van der Waals surface area contributed by atoms with E-state index in [0.717, 1.165) is 18.6 Å². The van der Waals surface area contributed by atoms with E-state index < -0.39 is 6.10 Å². The molecule has 1 unspecified atom stereocenters. The fourth-order valence-electron chi connectivity index (χ4n) is 2.75. The van der Waals surface area contributed by atoms with Crippen LogP contribution in [0.4, 0.5) is 0 Å².